The summed E-state index contributed by atoms with van der Waals surface area (Å²) in [6.45, 7) is 16.4. The molecule has 1 atom stereocenters. The number of benzene rings is 3. The van der Waals surface area contributed by atoms with Gasteiger partial charge in [-0.1, -0.05) is 93.4 Å². The van der Waals surface area contributed by atoms with Crippen molar-refractivity contribution in [3.05, 3.63) is 94.7 Å². The minimum absolute atomic E-state index is 0.0201. The highest BCUT2D eigenvalue weighted by Gasteiger charge is 2.54. The van der Waals surface area contributed by atoms with Gasteiger partial charge >= 0.3 is 0 Å². The Bertz CT molecular complexity index is 1380. The summed E-state index contributed by atoms with van der Waals surface area (Å²) in [5, 5.41) is 0. The quantitative estimate of drug-likeness (QED) is 0.286. The van der Waals surface area contributed by atoms with Gasteiger partial charge in [-0.3, -0.25) is 0 Å². The van der Waals surface area contributed by atoms with Crippen LogP contribution in [0.15, 0.2) is 66.7 Å². The van der Waals surface area contributed by atoms with Crippen LogP contribution >= 0.6 is 0 Å². The van der Waals surface area contributed by atoms with Gasteiger partial charge in [0.25, 0.3) is 0 Å². The van der Waals surface area contributed by atoms with E-state index in [0.29, 0.717) is 0 Å². The number of rotatable bonds is 3. The zero-order valence-corrected chi connectivity index (χ0v) is 22.0. The maximum absolute atomic E-state index is 2.54. The number of nitrogens with zero attached hydrogens (tertiary/aromatic N) is 2. The topological polar surface area (TPSA) is 8.81 Å². The highest BCUT2D eigenvalue weighted by molar-refractivity contribution is 5.84. The summed E-state index contributed by atoms with van der Waals surface area (Å²) in [5.74, 6) is 0. The Morgan fingerprint density at radius 3 is 2.06 bits per heavy atom. The Labute approximate surface area is 204 Å². The number of hydrogen-bond donors (Lipinski definition) is 0. The second-order valence-corrected chi connectivity index (χ2v) is 10.9. The minimum atomic E-state index is -0.0478. The molecule has 1 aliphatic rings. The van der Waals surface area contributed by atoms with Crippen molar-refractivity contribution in [2.24, 2.45) is 7.05 Å². The third kappa shape index (κ3) is 2.97. The lowest BCUT2D eigenvalue weighted by atomic mass is 9.57. The summed E-state index contributed by atoms with van der Waals surface area (Å²) in [5.41, 5.74) is 13.3. The van der Waals surface area contributed by atoms with E-state index < -0.39 is 0 Å². The first-order chi connectivity index (χ1) is 16.1. The van der Waals surface area contributed by atoms with E-state index in [0.717, 1.165) is 6.42 Å². The smallest absolute Gasteiger partial charge is 0.123 e. The lowest BCUT2D eigenvalue weighted by Crippen LogP contribution is -2.52. The first-order valence-corrected chi connectivity index (χ1v) is 12.5. The molecule has 5 rings (SSSR count). The fourth-order valence-electron chi connectivity index (χ4n) is 6.37. The van der Waals surface area contributed by atoms with Gasteiger partial charge in [0.1, 0.15) is 11.4 Å². The van der Waals surface area contributed by atoms with Crippen LogP contribution in [0.2, 0.25) is 0 Å². The van der Waals surface area contributed by atoms with Gasteiger partial charge in [-0.15, -0.1) is 9.36 Å². The second-order valence-electron chi connectivity index (χ2n) is 10.9. The predicted molar refractivity (Wildman–Crippen MR) is 143 cm³/mol. The van der Waals surface area contributed by atoms with Gasteiger partial charge in [-0.25, -0.2) is 0 Å². The van der Waals surface area contributed by atoms with Gasteiger partial charge in [0, 0.05) is 16.4 Å². The molecule has 0 bridgehead atoms. The van der Waals surface area contributed by atoms with Gasteiger partial charge < -0.3 is 0 Å². The molecule has 2 nitrogen and oxygen atoms in total. The minimum Gasteiger partial charge on any atom is -0.123 e. The summed E-state index contributed by atoms with van der Waals surface area (Å²) in [4.78, 5) is 0. The van der Waals surface area contributed by atoms with Gasteiger partial charge in [-0.2, -0.15) is 0 Å². The Balaban J connectivity index is 2.03. The average molecular weight is 450 g/mol. The van der Waals surface area contributed by atoms with E-state index in [1.807, 2.05) is 0 Å². The highest BCUT2D eigenvalue weighted by Crippen LogP contribution is 2.55. The maximum atomic E-state index is 2.54. The molecule has 0 saturated carbocycles. The second kappa shape index (κ2) is 7.70. The summed E-state index contributed by atoms with van der Waals surface area (Å²) in [6.07, 6.45) is 1.06. The van der Waals surface area contributed by atoms with Crippen molar-refractivity contribution in [2.75, 3.05) is 0 Å². The van der Waals surface area contributed by atoms with E-state index in [1.54, 1.807) is 0 Å². The normalized spacial score (nSPS) is 18.5. The zero-order valence-electron chi connectivity index (χ0n) is 22.0. The SMILES string of the molecule is CCC1(C)c2c(-c3ccccc3)c(-c3cc(C)cc(C)c3)[n+](C)n2-c2c(C)cccc2C1(C)C. The number of aryl methyl sites for hydroxylation is 3. The first-order valence-electron chi connectivity index (χ1n) is 12.5. The molecule has 1 unspecified atom stereocenters. The van der Waals surface area contributed by atoms with Gasteiger partial charge in [0.15, 0.2) is 7.05 Å². The van der Waals surface area contributed by atoms with Crippen molar-refractivity contribution < 1.29 is 4.68 Å². The van der Waals surface area contributed by atoms with Crippen LogP contribution in [0.25, 0.3) is 28.1 Å². The van der Waals surface area contributed by atoms with Gasteiger partial charge in [0.2, 0.25) is 5.69 Å². The third-order valence-electron chi connectivity index (χ3n) is 8.60. The van der Waals surface area contributed by atoms with E-state index >= 15 is 0 Å². The molecular formula is C32H37N2+. The highest BCUT2D eigenvalue weighted by atomic mass is 15.4. The summed E-state index contributed by atoms with van der Waals surface area (Å²) >= 11 is 0. The predicted octanol–water partition coefficient (Wildman–Crippen LogP) is 7.52. The van der Waals surface area contributed by atoms with Crippen LogP contribution in [0.5, 0.6) is 0 Å². The molecule has 174 valence electrons. The van der Waals surface area contributed by atoms with Crippen LogP contribution in [0, 0.1) is 20.8 Å². The molecule has 0 radical (unpaired) electrons. The molecule has 0 spiro atoms. The summed E-state index contributed by atoms with van der Waals surface area (Å²) < 4.78 is 4.95. The molecule has 34 heavy (non-hydrogen) atoms. The number of fused-ring (bicyclic) bond motifs is 3. The molecule has 4 aromatic rings. The molecule has 0 saturated heterocycles. The first kappa shape index (κ1) is 22.7. The molecule has 3 aromatic carbocycles. The van der Waals surface area contributed by atoms with Crippen LogP contribution in [-0.2, 0) is 17.9 Å². The molecule has 0 amide bonds. The molecule has 2 heterocycles. The fraction of sp³-hybridized carbons (Fsp3) is 0.344. The van der Waals surface area contributed by atoms with E-state index in [2.05, 4.69) is 132 Å². The monoisotopic (exact) mass is 449 g/mol. The van der Waals surface area contributed by atoms with E-state index in [-0.39, 0.29) is 10.8 Å². The largest absolute Gasteiger partial charge is 0.246 e. The fourth-order valence-corrected chi connectivity index (χ4v) is 6.37. The molecule has 0 N–H and O–H groups in total. The van der Waals surface area contributed by atoms with Crippen LogP contribution < -0.4 is 4.68 Å². The van der Waals surface area contributed by atoms with Crippen molar-refractivity contribution in [1.82, 2.24) is 4.68 Å². The lowest BCUT2D eigenvalue weighted by molar-refractivity contribution is -0.735. The maximum Gasteiger partial charge on any atom is 0.246 e. The number of hydrogen-bond acceptors (Lipinski definition) is 0. The van der Waals surface area contributed by atoms with Crippen molar-refractivity contribution in [3.8, 4) is 28.1 Å². The Kier molecular flexibility index (Phi) is 5.13. The van der Waals surface area contributed by atoms with Crippen molar-refractivity contribution in [3.63, 3.8) is 0 Å². The van der Waals surface area contributed by atoms with Gasteiger partial charge in [-0.05, 0) is 56.0 Å². The molecule has 2 heteroatoms. The van der Waals surface area contributed by atoms with Crippen molar-refractivity contribution in [2.45, 2.75) is 65.7 Å². The zero-order chi connectivity index (χ0) is 24.4. The standard InChI is InChI=1S/C32H37N2/c1-9-32(7)30-27(24-15-11-10-12-16-24)29(25-19-21(2)18-22(3)20-25)33(8)34(30)28-23(4)14-13-17-26(28)31(32,5)6/h10-20H,9H2,1-8H3/q+1. The molecular weight excluding hydrogens is 412 g/mol. The van der Waals surface area contributed by atoms with Crippen LogP contribution in [0.3, 0.4) is 0 Å². The van der Waals surface area contributed by atoms with Crippen LogP contribution in [-0.4, -0.2) is 4.68 Å². The van der Waals surface area contributed by atoms with Crippen LogP contribution in [0.1, 0.15) is 62.1 Å². The average Bonchev–Trinajstić information content (AvgIpc) is 3.11. The summed E-state index contributed by atoms with van der Waals surface area (Å²) in [7, 11) is 2.24. The number of aromatic nitrogens is 2. The third-order valence-corrected chi connectivity index (χ3v) is 8.60. The summed E-state index contributed by atoms with van der Waals surface area (Å²) in [6, 6.07) is 24.8. The molecule has 1 aromatic heterocycles. The van der Waals surface area contributed by atoms with E-state index in [1.165, 1.54) is 56.0 Å². The van der Waals surface area contributed by atoms with E-state index in [9.17, 15) is 0 Å². The van der Waals surface area contributed by atoms with Crippen molar-refractivity contribution in [1.29, 1.82) is 0 Å². The van der Waals surface area contributed by atoms with Gasteiger partial charge in [0.05, 0.1) is 5.56 Å². The Morgan fingerprint density at radius 1 is 0.794 bits per heavy atom. The lowest BCUT2D eigenvalue weighted by Gasteiger charge is -2.48. The molecule has 0 aliphatic carbocycles. The molecule has 0 fully saturated rings. The Morgan fingerprint density at radius 2 is 1.44 bits per heavy atom. The Hall–Kier alpha value is -3.13. The van der Waals surface area contributed by atoms with Crippen molar-refractivity contribution >= 4 is 0 Å². The van der Waals surface area contributed by atoms with Crippen LogP contribution in [0.4, 0.5) is 0 Å². The van der Waals surface area contributed by atoms with E-state index in [4.69, 9.17) is 0 Å². The molecule has 1 aliphatic heterocycles. The number of para-hydroxylation sites is 1.